The molecule has 7 nitrogen and oxygen atoms in total. The van der Waals surface area contributed by atoms with E-state index in [9.17, 15) is 14.4 Å². The molecular weight excluding hydrogens is 420 g/mol. The number of fused-ring (bicyclic) bond motifs is 3. The van der Waals surface area contributed by atoms with Gasteiger partial charge in [-0.25, -0.2) is 4.79 Å². The number of alkyl carbamates (subject to hydrolysis) is 1. The maximum absolute atomic E-state index is 12.9. The van der Waals surface area contributed by atoms with Gasteiger partial charge in [-0.1, -0.05) is 62.4 Å². The zero-order valence-electron chi connectivity index (χ0n) is 19.4. The van der Waals surface area contributed by atoms with E-state index in [4.69, 9.17) is 9.84 Å². The normalized spacial score (nSPS) is 13.2. The Hall–Kier alpha value is -3.35. The first-order valence-corrected chi connectivity index (χ1v) is 11.4. The number of amides is 2. The average molecular weight is 453 g/mol. The Labute approximate surface area is 194 Å². The van der Waals surface area contributed by atoms with Crippen LogP contribution in [-0.4, -0.2) is 54.2 Å². The van der Waals surface area contributed by atoms with Gasteiger partial charge in [0.15, 0.2) is 0 Å². The third-order valence-electron chi connectivity index (χ3n) is 6.00. The summed E-state index contributed by atoms with van der Waals surface area (Å²) < 4.78 is 5.54. The highest BCUT2D eigenvalue weighted by atomic mass is 16.5. The summed E-state index contributed by atoms with van der Waals surface area (Å²) in [6.45, 7) is 4.79. The van der Waals surface area contributed by atoms with Gasteiger partial charge in [0.25, 0.3) is 0 Å². The van der Waals surface area contributed by atoms with Crippen molar-refractivity contribution >= 4 is 18.0 Å². The first kappa shape index (κ1) is 24.3. The summed E-state index contributed by atoms with van der Waals surface area (Å²) in [7, 11) is 1.66. The molecule has 0 radical (unpaired) electrons. The maximum atomic E-state index is 12.9. The molecule has 1 unspecified atom stereocenters. The molecule has 0 spiro atoms. The van der Waals surface area contributed by atoms with Crippen LogP contribution in [0.5, 0.6) is 0 Å². The molecule has 1 aliphatic carbocycles. The quantitative estimate of drug-likeness (QED) is 0.561. The summed E-state index contributed by atoms with van der Waals surface area (Å²) in [6.07, 6.45) is -0.126. The van der Waals surface area contributed by atoms with Gasteiger partial charge in [-0.2, -0.15) is 0 Å². The minimum Gasteiger partial charge on any atom is -0.481 e. The third-order valence-corrected chi connectivity index (χ3v) is 6.00. The molecule has 0 heterocycles. The number of rotatable bonds is 10. The second-order valence-corrected chi connectivity index (χ2v) is 8.90. The smallest absolute Gasteiger partial charge is 0.407 e. The van der Waals surface area contributed by atoms with E-state index in [0.717, 1.165) is 28.7 Å². The van der Waals surface area contributed by atoms with Crippen LogP contribution in [0.4, 0.5) is 4.79 Å². The van der Waals surface area contributed by atoms with Crippen molar-refractivity contribution in [2.45, 2.75) is 45.1 Å². The SMILES string of the molecule is CC(C)CCN(C)C(=O)C(CCC(=O)O)NC(=O)OCC1c2ccccc2-c2ccccc21. The van der Waals surface area contributed by atoms with Crippen molar-refractivity contribution in [1.29, 1.82) is 0 Å². The molecule has 2 N–H and O–H groups in total. The van der Waals surface area contributed by atoms with E-state index in [1.165, 1.54) is 4.90 Å². The fourth-order valence-electron chi connectivity index (χ4n) is 4.14. The number of likely N-dealkylation sites (N-methyl/N-ethyl adjacent to an activating group) is 1. The molecule has 0 saturated heterocycles. The Balaban J connectivity index is 1.65. The van der Waals surface area contributed by atoms with Crippen LogP contribution in [0.15, 0.2) is 48.5 Å². The molecule has 0 saturated carbocycles. The fraction of sp³-hybridized carbons (Fsp3) is 0.423. The predicted octanol–water partition coefficient (Wildman–Crippen LogP) is 4.26. The van der Waals surface area contributed by atoms with Gasteiger partial charge < -0.3 is 20.1 Å². The number of nitrogens with zero attached hydrogens (tertiary/aromatic N) is 1. The molecule has 0 aromatic heterocycles. The van der Waals surface area contributed by atoms with Gasteiger partial charge in [0.05, 0.1) is 0 Å². The van der Waals surface area contributed by atoms with Crippen molar-refractivity contribution in [2.75, 3.05) is 20.2 Å². The van der Waals surface area contributed by atoms with Crippen molar-refractivity contribution in [3.05, 3.63) is 59.7 Å². The molecule has 1 atom stereocenters. The van der Waals surface area contributed by atoms with Crippen LogP contribution < -0.4 is 5.32 Å². The molecule has 2 amide bonds. The number of carbonyl (C=O) groups excluding carboxylic acids is 2. The van der Waals surface area contributed by atoms with Crippen LogP contribution >= 0.6 is 0 Å². The van der Waals surface area contributed by atoms with Gasteiger partial charge in [0.2, 0.25) is 5.91 Å². The Kier molecular flexibility index (Phi) is 8.09. The van der Waals surface area contributed by atoms with Crippen molar-refractivity contribution in [3.8, 4) is 11.1 Å². The lowest BCUT2D eigenvalue weighted by Crippen LogP contribution is -2.48. The van der Waals surface area contributed by atoms with Crippen LogP contribution in [0.25, 0.3) is 11.1 Å². The second kappa shape index (κ2) is 11.0. The molecule has 33 heavy (non-hydrogen) atoms. The molecule has 0 fully saturated rings. The number of carboxylic acid groups (broad SMARTS) is 1. The predicted molar refractivity (Wildman–Crippen MR) is 126 cm³/mol. The number of hydrogen-bond acceptors (Lipinski definition) is 4. The lowest BCUT2D eigenvalue weighted by atomic mass is 9.98. The van der Waals surface area contributed by atoms with Crippen LogP contribution in [0, 0.1) is 5.92 Å². The van der Waals surface area contributed by atoms with Crippen molar-refractivity contribution < 1.29 is 24.2 Å². The Bertz CT molecular complexity index is 958. The van der Waals surface area contributed by atoms with E-state index in [1.807, 2.05) is 36.4 Å². The largest absolute Gasteiger partial charge is 0.481 e. The highest BCUT2D eigenvalue weighted by Crippen LogP contribution is 2.44. The van der Waals surface area contributed by atoms with E-state index in [1.54, 1.807) is 7.05 Å². The van der Waals surface area contributed by atoms with Crippen LogP contribution in [0.3, 0.4) is 0 Å². The maximum Gasteiger partial charge on any atom is 0.407 e. The van der Waals surface area contributed by atoms with Gasteiger partial charge in [0.1, 0.15) is 12.6 Å². The number of benzene rings is 2. The molecule has 1 aliphatic rings. The molecule has 0 aliphatic heterocycles. The summed E-state index contributed by atoms with van der Waals surface area (Å²) in [5.41, 5.74) is 4.45. The Morgan fingerprint density at radius 1 is 1.00 bits per heavy atom. The minimum atomic E-state index is -1.02. The van der Waals surface area contributed by atoms with Crippen molar-refractivity contribution in [1.82, 2.24) is 10.2 Å². The molecule has 2 aromatic rings. The molecule has 2 aromatic carbocycles. The summed E-state index contributed by atoms with van der Waals surface area (Å²) in [4.78, 5) is 38.1. The lowest BCUT2D eigenvalue weighted by molar-refractivity contribution is -0.137. The van der Waals surface area contributed by atoms with Crippen LogP contribution in [0.2, 0.25) is 0 Å². The highest BCUT2D eigenvalue weighted by molar-refractivity contribution is 5.86. The monoisotopic (exact) mass is 452 g/mol. The number of carboxylic acids is 1. The summed E-state index contributed by atoms with van der Waals surface area (Å²) >= 11 is 0. The van der Waals surface area contributed by atoms with Crippen molar-refractivity contribution in [2.24, 2.45) is 5.92 Å². The van der Waals surface area contributed by atoms with Crippen LogP contribution in [-0.2, 0) is 14.3 Å². The zero-order valence-corrected chi connectivity index (χ0v) is 19.4. The summed E-state index contributed by atoms with van der Waals surface area (Å²) in [5.74, 6) is -1.00. The minimum absolute atomic E-state index is 0.00435. The molecular formula is C26H32N2O5. The first-order valence-electron chi connectivity index (χ1n) is 11.4. The van der Waals surface area contributed by atoms with E-state index < -0.39 is 18.1 Å². The fourth-order valence-corrected chi connectivity index (χ4v) is 4.14. The van der Waals surface area contributed by atoms with Gasteiger partial charge in [0, 0.05) is 25.9 Å². The van der Waals surface area contributed by atoms with Crippen LogP contribution in [0.1, 0.15) is 50.2 Å². The van der Waals surface area contributed by atoms with E-state index in [2.05, 4.69) is 31.3 Å². The van der Waals surface area contributed by atoms with E-state index in [0.29, 0.717) is 12.5 Å². The van der Waals surface area contributed by atoms with Gasteiger partial charge in [-0.3, -0.25) is 9.59 Å². The van der Waals surface area contributed by atoms with Gasteiger partial charge >= 0.3 is 12.1 Å². The number of carbonyl (C=O) groups is 3. The lowest BCUT2D eigenvalue weighted by Gasteiger charge is -2.25. The summed E-state index contributed by atoms with van der Waals surface area (Å²) in [6, 6.07) is 15.1. The number of ether oxygens (including phenoxy) is 1. The number of hydrogen-bond donors (Lipinski definition) is 2. The Morgan fingerprint density at radius 3 is 2.12 bits per heavy atom. The molecule has 0 bridgehead atoms. The number of aliphatic carboxylic acids is 1. The van der Waals surface area contributed by atoms with E-state index >= 15 is 0 Å². The molecule has 7 heteroatoms. The van der Waals surface area contributed by atoms with E-state index in [-0.39, 0.29) is 31.3 Å². The number of nitrogens with one attached hydrogen (secondary N) is 1. The third kappa shape index (κ3) is 6.12. The van der Waals surface area contributed by atoms with Crippen molar-refractivity contribution in [3.63, 3.8) is 0 Å². The van der Waals surface area contributed by atoms with Gasteiger partial charge in [-0.15, -0.1) is 0 Å². The summed E-state index contributed by atoms with van der Waals surface area (Å²) in [5, 5.41) is 11.7. The molecule has 3 rings (SSSR count). The highest BCUT2D eigenvalue weighted by Gasteiger charge is 2.30. The average Bonchev–Trinajstić information content (AvgIpc) is 3.12. The molecule has 176 valence electrons. The zero-order chi connectivity index (χ0) is 24.0. The first-order chi connectivity index (χ1) is 15.8. The second-order valence-electron chi connectivity index (χ2n) is 8.90. The Morgan fingerprint density at radius 2 is 1.58 bits per heavy atom. The van der Waals surface area contributed by atoms with Gasteiger partial charge in [-0.05, 0) is 41.0 Å². The topological polar surface area (TPSA) is 95.9 Å². The standard InChI is InChI=1S/C26H32N2O5/c1-17(2)14-15-28(3)25(31)23(12-13-24(29)30)27-26(32)33-16-22-20-10-6-4-8-18(20)19-9-5-7-11-21(19)22/h4-11,17,22-23H,12-16H2,1-3H3,(H,27,32)(H,29,30).